The predicted molar refractivity (Wildman–Crippen MR) is 75.6 cm³/mol. The lowest BCUT2D eigenvalue weighted by atomic mass is 10.1. The van der Waals surface area contributed by atoms with E-state index in [2.05, 4.69) is 6.92 Å². The highest BCUT2D eigenvalue weighted by atomic mass is 32.2. The Balaban J connectivity index is 3.32. The van der Waals surface area contributed by atoms with Crippen LogP contribution in [0.3, 0.4) is 0 Å². The third-order valence-electron chi connectivity index (χ3n) is 2.96. The summed E-state index contributed by atoms with van der Waals surface area (Å²) < 4.78 is 23.0. The second-order valence-electron chi connectivity index (χ2n) is 4.80. The first kappa shape index (κ1) is 16.9. The quantitative estimate of drug-likeness (QED) is 0.485. The molecule has 0 bridgehead atoms. The fourth-order valence-corrected chi connectivity index (χ4v) is 3.18. The Morgan fingerprint density at radius 1 is 0.765 bits per heavy atom. The molecule has 0 aliphatic carbocycles. The lowest BCUT2D eigenvalue weighted by Crippen LogP contribution is -2.06. The minimum Gasteiger partial charge on any atom is -0.229 e. The van der Waals surface area contributed by atoms with Gasteiger partial charge in [0.15, 0.2) is 9.84 Å². The topological polar surface area (TPSA) is 34.1 Å². The van der Waals surface area contributed by atoms with E-state index in [-0.39, 0.29) is 0 Å². The molecule has 17 heavy (non-hydrogen) atoms. The Labute approximate surface area is 108 Å². The molecule has 0 rings (SSSR count). The van der Waals surface area contributed by atoms with Crippen LogP contribution in [0.25, 0.3) is 0 Å². The third-order valence-corrected chi connectivity index (χ3v) is 4.56. The molecule has 0 saturated carbocycles. The maximum absolute atomic E-state index is 11.5. The Morgan fingerprint density at radius 2 is 1.29 bits per heavy atom. The smallest absolute Gasteiger partial charge is 0.154 e. The Bertz CT molecular complexity index is 245. The summed E-state index contributed by atoms with van der Waals surface area (Å²) >= 11 is 0. The molecule has 0 aliphatic rings. The normalized spacial score (nSPS) is 11.9. The fraction of sp³-hybridized carbons (Fsp3) is 0.929. The van der Waals surface area contributed by atoms with E-state index in [1.807, 2.05) is 6.92 Å². The van der Waals surface area contributed by atoms with Crippen LogP contribution in [-0.2, 0) is 9.84 Å². The summed E-state index contributed by atoms with van der Waals surface area (Å²) in [6.07, 6.45) is 11.2. The van der Waals surface area contributed by atoms with Gasteiger partial charge >= 0.3 is 0 Å². The molecule has 3 heteroatoms. The maximum atomic E-state index is 11.5. The van der Waals surface area contributed by atoms with E-state index in [1.165, 1.54) is 44.3 Å². The number of sulfone groups is 1. The van der Waals surface area contributed by atoms with Crippen molar-refractivity contribution in [1.29, 1.82) is 0 Å². The van der Waals surface area contributed by atoms with Gasteiger partial charge in [0, 0.05) is 0 Å². The second-order valence-corrected chi connectivity index (χ2v) is 6.86. The molecule has 0 atom stereocenters. The van der Waals surface area contributed by atoms with Gasteiger partial charge in [-0.25, -0.2) is 8.42 Å². The summed E-state index contributed by atoms with van der Waals surface area (Å²) in [5, 5.41) is 0. The van der Waals surface area contributed by atoms with E-state index < -0.39 is 9.84 Å². The van der Waals surface area contributed by atoms with Gasteiger partial charge in [-0.05, 0) is 12.8 Å². The number of unbranched alkanes of at least 4 members (excludes halogenated alkanes) is 8. The molecule has 0 saturated heterocycles. The van der Waals surface area contributed by atoms with E-state index in [0.29, 0.717) is 5.75 Å². The molecule has 0 amide bonds. The first-order valence-corrected chi connectivity index (χ1v) is 8.90. The van der Waals surface area contributed by atoms with Gasteiger partial charge in [0.2, 0.25) is 0 Å². The van der Waals surface area contributed by atoms with E-state index in [9.17, 15) is 8.42 Å². The summed E-state index contributed by atoms with van der Waals surface area (Å²) in [6.45, 7) is 4.24. The van der Waals surface area contributed by atoms with Crippen LogP contribution < -0.4 is 0 Å². The summed E-state index contributed by atoms with van der Waals surface area (Å²) in [5.74, 6) is 1.87. The molecule has 0 aromatic carbocycles. The molecule has 0 heterocycles. The molecule has 1 radical (unpaired) electrons. The van der Waals surface area contributed by atoms with Crippen LogP contribution in [-0.4, -0.2) is 14.2 Å². The first-order chi connectivity index (χ1) is 8.12. The first-order valence-electron chi connectivity index (χ1n) is 7.18. The van der Waals surface area contributed by atoms with E-state index in [1.54, 1.807) is 0 Å². The molecule has 2 nitrogen and oxygen atoms in total. The largest absolute Gasteiger partial charge is 0.229 e. The van der Waals surface area contributed by atoms with Gasteiger partial charge in [0.05, 0.1) is 11.5 Å². The lowest BCUT2D eigenvalue weighted by molar-refractivity contribution is 0.580. The Hall–Kier alpha value is -0.0500. The van der Waals surface area contributed by atoms with Crippen LogP contribution in [0, 0.1) is 5.75 Å². The standard InChI is InChI=1S/C14H29O2S/c1-3-5-7-8-9-10-11-12-14-17(15,16)13-6-4-2/h14H,3-13H2,1-2H3. The van der Waals surface area contributed by atoms with Crippen molar-refractivity contribution in [3.05, 3.63) is 5.75 Å². The second kappa shape index (κ2) is 11.1. The maximum Gasteiger partial charge on any atom is 0.154 e. The minimum atomic E-state index is -2.87. The molecule has 0 aromatic heterocycles. The highest BCUT2D eigenvalue weighted by Gasteiger charge is 2.09. The molecule has 0 spiro atoms. The van der Waals surface area contributed by atoms with Gasteiger partial charge in [-0.15, -0.1) is 0 Å². The van der Waals surface area contributed by atoms with Crippen LogP contribution in [0.2, 0.25) is 0 Å². The van der Waals surface area contributed by atoms with E-state index >= 15 is 0 Å². The van der Waals surface area contributed by atoms with Crippen molar-refractivity contribution in [2.75, 3.05) is 5.75 Å². The number of hydrogen-bond acceptors (Lipinski definition) is 2. The molecular weight excluding hydrogens is 232 g/mol. The zero-order valence-corrected chi connectivity index (χ0v) is 12.4. The van der Waals surface area contributed by atoms with Crippen molar-refractivity contribution in [3.8, 4) is 0 Å². The van der Waals surface area contributed by atoms with Crippen LogP contribution in [0.15, 0.2) is 0 Å². The number of hydrogen-bond donors (Lipinski definition) is 0. The van der Waals surface area contributed by atoms with Crippen molar-refractivity contribution in [1.82, 2.24) is 0 Å². The van der Waals surface area contributed by atoms with Gasteiger partial charge in [-0.2, -0.15) is 0 Å². The molecule has 0 aromatic rings. The molecule has 103 valence electrons. The van der Waals surface area contributed by atoms with E-state index in [0.717, 1.165) is 25.7 Å². The van der Waals surface area contributed by atoms with Gasteiger partial charge in [0.1, 0.15) is 0 Å². The minimum absolute atomic E-state index is 0.333. The highest BCUT2D eigenvalue weighted by molar-refractivity contribution is 7.93. The van der Waals surface area contributed by atoms with Gasteiger partial charge in [-0.1, -0.05) is 65.2 Å². The van der Waals surface area contributed by atoms with Crippen molar-refractivity contribution in [2.45, 2.75) is 78.1 Å². The van der Waals surface area contributed by atoms with Crippen molar-refractivity contribution >= 4 is 9.84 Å². The Kier molecular flexibility index (Phi) is 11.0. The summed E-state index contributed by atoms with van der Waals surface area (Å²) in [7, 11) is -2.87. The zero-order valence-electron chi connectivity index (χ0n) is 11.6. The number of rotatable bonds is 12. The van der Waals surface area contributed by atoms with Crippen LogP contribution in [0.5, 0.6) is 0 Å². The SMILES string of the molecule is CCCCCCCCC[CH]S(=O)(=O)CCCC. The Morgan fingerprint density at radius 3 is 1.88 bits per heavy atom. The van der Waals surface area contributed by atoms with Crippen LogP contribution in [0.1, 0.15) is 78.1 Å². The molecular formula is C14H29O2S. The van der Waals surface area contributed by atoms with Crippen molar-refractivity contribution < 1.29 is 8.42 Å². The predicted octanol–water partition coefficient (Wildman–Crippen LogP) is 4.50. The van der Waals surface area contributed by atoms with Crippen molar-refractivity contribution in [2.24, 2.45) is 0 Å². The molecule has 0 unspecified atom stereocenters. The molecule has 0 fully saturated rings. The lowest BCUT2D eigenvalue weighted by Gasteiger charge is -2.03. The van der Waals surface area contributed by atoms with Crippen LogP contribution >= 0.6 is 0 Å². The molecule has 0 N–H and O–H groups in total. The summed E-state index contributed by atoms with van der Waals surface area (Å²) in [4.78, 5) is 0. The zero-order chi connectivity index (χ0) is 13.0. The summed E-state index contributed by atoms with van der Waals surface area (Å²) in [5.41, 5.74) is 0. The molecule has 0 aliphatic heterocycles. The highest BCUT2D eigenvalue weighted by Crippen LogP contribution is 2.12. The van der Waals surface area contributed by atoms with Crippen molar-refractivity contribution in [3.63, 3.8) is 0 Å². The average molecular weight is 261 g/mol. The fourth-order valence-electron chi connectivity index (χ4n) is 1.79. The summed E-state index contributed by atoms with van der Waals surface area (Å²) in [6, 6.07) is 0. The van der Waals surface area contributed by atoms with E-state index in [4.69, 9.17) is 0 Å². The van der Waals surface area contributed by atoms with Gasteiger partial charge < -0.3 is 0 Å². The monoisotopic (exact) mass is 261 g/mol. The third kappa shape index (κ3) is 12.2. The average Bonchev–Trinajstić information content (AvgIpc) is 2.30. The van der Waals surface area contributed by atoms with Gasteiger partial charge in [-0.3, -0.25) is 0 Å². The van der Waals surface area contributed by atoms with Crippen LogP contribution in [0.4, 0.5) is 0 Å². The van der Waals surface area contributed by atoms with Gasteiger partial charge in [0.25, 0.3) is 0 Å².